The Morgan fingerprint density at radius 3 is 2.65 bits per heavy atom. The second kappa shape index (κ2) is 8.48. The summed E-state index contributed by atoms with van der Waals surface area (Å²) in [4.78, 5) is 8.51. The van der Waals surface area contributed by atoms with Gasteiger partial charge in [0.2, 0.25) is 0 Å². The maximum Gasteiger partial charge on any atom is 0.191 e. The van der Waals surface area contributed by atoms with Gasteiger partial charge in [-0.25, -0.2) is 14.4 Å². The van der Waals surface area contributed by atoms with E-state index in [1.807, 2.05) is 19.1 Å². The van der Waals surface area contributed by atoms with E-state index >= 15 is 0 Å². The zero-order valence-corrected chi connectivity index (χ0v) is 14.0. The van der Waals surface area contributed by atoms with Crippen molar-refractivity contribution in [1.29, 1.82) is 0 Å². The Bertz CT molecular complexity index is 671. The molecular weight excluding hydrogens is 315 g/mol. The minimum atomic E-state index is -0.196. The summed E-state index contributed by atoms with van der Waals surface area (Å²) in [7, 11) is 0. The van der Waals surface area contributed by atoms with Crippen LogP contribution in [0.5, 0.6) is 0 Å². The van der Waals surface area contributed by atoms with Gasteiger partial charge in [0.25, 0.3) is 0 Å². The third-order valence-corrected chi connectivity index (χ3v) is 3.47. The maximum absolute atomic E-state index is 13.6. The molecule has 0 unspecified atom stereocenters. The Morgan fingerprint density at radius 1 is 1.22 bits per heavy atom. The van der Waals surface area contributed by atoms with Crippen molar-refractivity contribution in [3.05, 3.63) is 64.2 Å². The average Bonchev–Trinajstić information content (AvgIpc) is 2.55. The molecule has 2 aromatic rings. The second-order valence-corrected chi connectivity index (χ2v) is 5.51. The molecule has 23 heavy (non-hydrogen) atoms. The standard InChI is InChI=1S/C17H20ClFN4/c1-3-20-17(23-11-14-6-7-16(18)21-10-14)22-9-13-5-4-12(2)15(19)8-13/h4-8,10H,3,9,11H2,1-2H3,(H2,20,22,23). The normalized spacial score (nSPS) is 11.4. The molecule has 2 N–H and O–H groups in total. The van der Waals surface area contributed by atoms with Crippen molar-refractivity contribution >= 4 is 17.6 Å². The number of nitrogens with one attached hydrogen (secondary N) is 2. The number of nitrogens with zero attached hydrogens (tertiary/aromatic N) is 2. The number of hydrogen-bond donors (Lipinski definition) is 2. The van der Waals surface area contributed by atoms with Gasteiger partial charge >= 0.3 is 0 Å². The highest BCUT2D eigenvalue weighted by Gasteiger charge is 2.02. The van der Waals surface area contributed by atoms with Crippen LogP contribution in [0, 0.1) is 12.7 Å². The molecule has 6 heteroatoms. The first-order valence-corrected chi connectivity index (χ1v) is 7.84. The smallest absolute Gasteiger partial charge is 0.191 e. The molecule has 0 saturated carbocycles. The van der Waals surface area contributed by atoms with Crippen LogP contribution in [0.15, 0.2) is 41.5 Å². The zero-order valence-electron chi connectivity index (χ0n) is 13.2. The number of pyridine rings is 1. The van der Waals surface area contributed by atoms with Crippen LogP contribution in [0.3, 0.4) is 0 Å². The van der Waals surface area contributed by atoms with Crippen molar-refractivity contribution in [2.75, 3.05) is 6.54 Å². The fourth-order valence-corrected chi connectivity index (χ4v) is 2.06. The first-order valence-electron chi connectivity index (χ1n) is 7.46. The molecule has 0 aliphatic heterocycles. The van der Waals surface area contributed by atoms with E-state index in [4.69, 9.17) is 11.6 Å². The van der Waals surface area contributed by atoms with Gasteiger partial charge in [-0.1, -0.05) is 29.8 Å². The van der Waals surface area contributed by atoms with Gasteiger partial charge in [0.05, 0.1) is 6.54 Å². The van der Waals surface area contributed by atoms with Gasteiger partial charge in [-0.2, -0.15) is 0 Å². The van der Waals surface area contributed by atoms with Crippen molar-refractivity contribution in [2.45, 2.75) is 26.9 Å². The number of aliphatic imine (C=N–C) groups is 1. The number of halogens is 2. The van der Waals surface area contributed by atoms with Crippen molar-refractivity contribution in [3.63, 3.8) is 0 Å². The maximum atomic E-state index is 13.6. The number of hydrogen-bond acceptors (Lipinski definition) is 2. The molecule has 0 spiro atoms. The Hall–Kier alpha value is -2.14. The molecule has 0 atom stereocenters. The number of guanidine groups is 1. The molecular formula is C17H20ClFN4. The molecule has 1 aromatic heterocycles. The van der Waals surface area contributed by atoms with E-state index in [1.54, 1.807) is 25.3 Å². The molecule has 0 fully saturated rings. The van der Waals surface area contributed by atoms with Crippen LogP contribution < -0.4 is 10.6 Å². The summed E-state index contributed by atoms with van der Waals surface area (Å²) in [5.74, 6) is 0.474. The predicted molar refractivity (Wildman–Crippen MR) is 92.0 cm³/mol. The summed E-state index contributed by atoms with van der Waals surface area (Å²) >= 11 is 5.76. The minimum Gasteiger partial charge on any atom is -0.357 e. The van der Waals surface area contributed by atoms with Crippen molar-refractivity contribution in [2.24, 2.45) is 4.99 Å². The van der Waals surface area contributed by atoms with E-state index in [0.29, 0.717) is 29.8 Å². The van der Waals surface area contributed by atoms with Gasteiger partial charge in [-0.15, -0.1) is 0 Å². The van der Waals surface area contributed by atoms with E-state index in [1.165, 1.54) is 6.07 Å². The highest BCUT2D eigenvalue weighted by molar-refractivity contribution is 6.29. The quantitative estimate of drug-likeness (QED) is 0.500. The molecule has 1 heterocycles. The Kier molecular flexibility index (Phi) is 6.35. The molecule has 0 saturated heterocycles. The Balaban J connectivity index is 1.98. The third kappa shape index (κ3) is 5.53. The van der Waals surface area contributed by atoms with Crippen LogP contribution in [0.25, 0.3) is 0 Å². The van der Waals surface area contributed by atoms with Crippen LogP contribution in [-0.4, -0.2) is 17.5 Å². The fourth-order valence-electron chi connectivity index (χ4n) is 1.94. The van der Waals surface area contributed by atoms with Gasteiger partial charge < -0.3 is 10.6 Å². The monoisotopic (exact) mass is 334 g/mol. The molecule has 0 aliphatic carbocycles. The molecule has 122 valence electrons. The van der Waals surface area contributed by atoms with E-state index < -0.39 is 0 Å². The van der Waals surface area contributed by atoms with Crippen LogP contribution >= 0.6 is 11.6 Å². The Labute approximate surface area is 140 Å². The van der Waals surface area contributed by atoms with Gasteiger partial charge in [-0.05, 0) is 42.7 Å². The van der Waals surface area contributed by atoms with Crippen molar-refractivity contribution in [3.8, 4) is 0 Å². The lowest BCUT2D eigenvalue weighted by atomic mass is 10.1. The summed E-state index contributed by atoms with van der Waals surface area (Å²) in [5, 5.41) is 6.81. The minimum absolute atomic E-state index is 0.196. The lowest BCUT2D eigenvalue weighted by Gasteiger charge is -2.12. The topological polar surface area (TPSA) is 49.3 Å². The van der Waals surface area contributed by atoms with E-state index in [2.05, 4.69) is 20.6 Å². The van der Waals surface area contributed by atoms with Gasteiger partial charge in [0.1, 0.15) is 11.0 Å². The van der Waals surface area contributed by atoms with Crippen molar-refractivity contribution in [1.82, 2.24) is 15.6 Å². The van der Waals surface area contributed by atoms with E-state index in [9.17, 15) is 4.39 Å². The highest BCUT2D eigenvalue weighted by Crippen LogP contribution is 2.09. The summed E-state index contributed by atoms with van der Waals surface area (Å²) in [6.07, 6.45) is 1.70. The Morgan fingerprint density at radius 2 is 2.00 bits per heavy atom. The molecule has 4 nitrogen and oxygen atoms in total. The lowest BCUT2D eigenvalue weighted by molar-refractivity contribution is 0.615. The van der Waals surface area contributed by atoms with E-state index in [-0.39, 0.29) is 5.82 Å². The fraction of sp³-hybridized carbons (Fsp3) is 0.294. The summed E-state index contributed by atoms with van der Waals surface area (Å²) in [5.41, 5.74) is 2.48. The number of aryl methyl sites for hydroxylation is 1. The predicted octanol–water partition coefficient (Wildman–Crippen LogP) is 3.44. The number of aromatic nitrogens is 1. The van der Waals surface area contributed by atoms with E-state index in [0.717, 1.165) is 17.7 Å². The number of benzene rings is 1. The molecule has 1 aromatic carbocycles. The van der Waals surface area contributed by atoms with Gasteiger partial charge in [0.15, 0.2) is 5.96 Å². The van der Waals surface area contributed by atoms with Crippen LogP contribution in [0.1, 0.15) is 23.6 Å². The summed E-state index contributed by atoms with van der Waals surface area (Å²) in [6, 6.07) is 8.84. The SMILES string of the molecule is CCNC(=NCc1ccc(Cl)nc1)NCc1ccc(C)c(F)c1. The van der Waals surface area contributed by atoms with Crippen LogP contribution in [0.4, 0.5) is 4.39 Å². The van der Waals surface area contributed by atoms with Crippen LogP contribution in [-0.2, 0) is 13.1 Å². The average molecular weight is 335 g/mol. The molecule has 0 radical (unpaired) electrons. The summed E-state index contributed by atoms with van der Waals surface area (Å²) in [6.45, 7) is 5.47. The highest BCUT2D eigenvalue weighted by atomic mass is 35.5. The molecule has 0 aliphatic rings. The van der Waals surface area contributed by atoms with Crippen molar-refractivity contribution < 1.29 is 4.39 Å². The largest absolute Gasteiger partial charge is 0.357 e. The lowest BCUT2D eigenvalue weighted by Crippen LogP contribution is -2.36. The molecule has 2 rings (SSSR count). The number of rotatable bonds is 5. The molecule has 0 bridgehead atoms. The zero-order chi connectivity index (χ0) is 16.7. The van der Waals surface area contributed by atoms with Gasteiger partial charge in [0, 0.05) is 19.3 Å². The second-order valence-electron chi connectivity index (χ2n) is 5.12. The molecule has 0 amide bonds. The van der Waals surface area contributed by atoms with Crippen LogP contribution in [0.2, 0.25) is 5.15 Å². The summed E-state index contributed by atoms with van der Waals surface area (Å²) < 4.78 is 13.6. The van der Waals surface area contributed by atoms with Gasteiger partial charge in [-0.3, -0.25) is 0 Å². The first kappa shape index (κ1) is 17.2. The third-order valence-electron chi connectivity index (χ3n) is 3.25. The first-order chi connectivity index (χ1) is 11.1.